The molecule has 0 N–H and O–H groups in total. The Bertz CT molecular complexity index is 917. The van der Waals surface area contributed by atoms with E-state index in [1.54, 1.807) is 13.1 Å². The van der Waals surface area contributed by atoms with Crippen LogP contribution in [0.25, 0.3) is 0 Å². The molecule has 0 fully saturated rings. The van der Waals surface area contributed by atoms with Gasteiger partial charge in [0.05, 0.1) is 0 Å². The van der Waals surface area contributed by atoms with E-state index in [4.69, 9.17) is 0 Å². The highest BCUT2D eigenvalue weighted by Gasteiger charge is 2.42. The Balaban J connectivity index is 2.43. The number of Topliss-reactive ketones (excluding diaryl/α,β-unsaturated/α-hetero) is 1. The maximum atomic E-state index is 13.2. The number of aryl methyl sites for hydroxylation is 2. The van der Waals surface area contributed by atoms with Crippen LogP contribution < -0.4 is 0 Å². The van der Waals surface area contributed by atoms with Crippen molar-refractivity contribution < 1.29 is 4.79 Å². The average molecular weight is 394 g/mol. The molecule has 0 aliphatic rings. The van der Waals surface area contributed by atoms with E-state index in [1.165, 1.54) is 0 Å². The van der Waals surface area contributed by atoms with E-state index in [0.717, 1.165) is 32.4 Å². The zero-order chi connectivity index (χ0) is 18.0. The summed E-state index contributed by atoms with van der Waals surface area (Å²) in [5, 5.41) is 0. The second-order valence-electron chi connectivity index (χ2n) is 6.31. The fraction of sp³-hybridized carbons (Fsp3) is 0.182. The maximum Gasteiger partial charge on any atom is 0.149 e. The van der Waals surface area contributed by atoms with E-state index in [2.05, 4.69) is 40.0 Å². The molecule has 0 radical (unpaired) electrons. The van der Waals surface area contributed by atoms with Crippen LogP contribution in [0.15, 0.2) is 71.3 Å². The molecular formula is C22H20BrNO. The van der Waals surface area contributed by atoms with Gasteiger partial charge < -0.3 is 0 Å². The van der Waals surface area contributed by atoms with Crippen molar-refractivity contribution in [2.75, 3.05) is 0 Å². The Labute approximate surface area is 157 Å². The number of halogens is 1. The molecule has 25 heavy (non-hydrogen) atoms. The molecule has 1 aromatic heterocycles. The first kappa shape index (κ1) is 17.6. The fourth-order valence-corrected chi connectivity index (χ4v) is 3.81. The molecule has 0 saturated carbocycles. The third-order valence-corrected chi connectivity index (χ3v) is 5.21. The second-order valence-corrected chi connectivity index (χ2v) is 7.23. The van der Waals surface area contributed by atoms with Crippen LogP contribution in [0.5, 0.6) is 0 Å². The van der Waals surface area contributed by atoms with Gasteiger partial charge in [0, 0.05) is 16.4 Å². The third kappa shape index (κ3) is 3.05. The Kier molecular flexibility index (Phi) is 4.87. The molecule has 2 aromatic carbocycles. The first-order chi connectivity index (χ1) is 12.0. The molecule has 1 unspecified atom stereocenters. The lowest BCUT2D eigenvalue weighted by Crippen LogP contribution is -2.37. The van der Waals surface area contributed by atoms with Gasteiger partial charge in [-0.15, -0.1) is 0 Å². The van der Waals surface area contributed by atoms with Gasteiger partial charge >= 0.3 is 0 Å². The normalized spacial score (nSPS) is 13.3. The molecule has 0 amide bonds. The zero-order valence-electron chi connectivity index (χ0n) is 14.6. The largest absolute Gasteiger partial charge is 0.298 e. The zero-order valence-corrected chi connectivity index (χ0v) is 16.2. The van der Waals surface area contributed by atoms with E-state index in [1.807, 2.05) is 55.5 Å². The fourth-order valence-electron chi connectivity index (χ4n) is 3.55. The Hall–Kier alpha value is -2.26. The summed E-state index contributed by atoms with van der Waals surface area (Å²) in [6.07, 6.45) is 1.78. The number of carbonyl (C=O) groups excluding carboxylic acids is 1. The molecule has 0 aliphatic carbocycles. The van der Waals surface area contributed by atoms with E-state index < -0.39 is 5.41 Å². The lowest BCUT2D eigenvalue weighted by Gasteiger charge is -2.34. The van der Waals surface area contributed by atoms with Gasteiger partial charge in [-0.3, -0.25) is 9.78 Å². The smallest absolute Gasteiger partial charge is 0.149 e. The predicted octanol–water partition coefficient (Wildman–Crippen LogP) is 5.38. The Morgan fingerprint density at radius 3 is 2.24 bits per heavy atom. The molecular weight excluding hydrogens is 374 g/mol. The van der Waals surface area contributed by atoms with Gasteiger partial charge in [-0.25, -0.2) is 0 Å². The summed E-state index contributed by atoms with van der Waals surface area (Å²) in [5.41, 5.74) is 4.06. The molecule has 1 heterocycles. The van der Waals surface area contributed by atoms with E-state index in [9.17, 15) is 4.79 Å². The number of pyridine rings is 1. The summed E-state index contributed by atoms with van der Waals surface area (Å²) in [5.74, 6) is 0.0923. The highest BCUT2D eigenvalue weighted by atomic mass is 79.9. The van der Waals surface area contributed by atoms with Gasteiger partial charge in [0.1, 0.15) is 11.2 Å². The topological polar surface area (TPSA) is 30.0 Å². The van der Waals surface area contributed by atoms with Crippen molar-refractivity contribution in [3.63, 3.8) is 0 Å². The van der Waals surface area contributed by atoms with Crippen molar-refractivity contribution in [3.05, 3.63) is 99.3 Å². The lowest BCUT2D eigenvalue weighted by atomic mass is 9.66. The van der Waals surface area contributed by atoms with E-state index >= 15 is 0 Å². The number of hydrogen-bond acceptors (Lipinski definition) is 2. The van der Waals surface area contributed by atoms with Crippen LogP contribution in [-0.4, -0.2) is 10.8 Å². The summed E-state index contributed by atoms with van der Waals surface area (Å²) in [6.45, 7) is 5.68. The lowest BCUT2D eigenvalue weighted by molar-refractivity contribution is -0.119. The SMILES string of the molecule is CC(=O)C(c1ccc(Br)cc1)(c1ccnc(C)c1)c1ccccc1C. The molecule has 0 saturated heterocycles. The molecule has 0 spiro atoms. The van der Waals surface area contributed by atoms with Crippen molar-refractivity contribution in [2.45, 2.75) is 26.2 Å². The number of benzene rings is 2. The average Bonchev–Trinajstić information content (AvgIpc) is 2.58. The van der Waals surface area contributed by atoms with Crippen LogP contribution in [0.1, 0.15) is 34.9 Å². The number of carbonyl (C=O) groups is 1. The van der Waals surface area contributed by atoms with Gasteiger partial charge in [-0.1, -0.05) is 52.3 Å². The number of nitrogens with zero attached hydrogens (tertiary/aromatic N) is 1. The Morgan fingerprint density at radius 1 is 0.960 bits per heavy atom. The van der Waals surface area contributed by atoms with E-state index in [0.29, 0.717) is 0 Å². The number of hydrogen-bond donors (Lipinski definition) is 0. The molecule has 3 aromatic rings. The molecule has 2 nitrogen and oxygen atoms in total. The summed E-state index contributed by atoms with van der Waals surface area (Å²) >= 11 is 3.49. The molecule has 1 atom stereocenters. The van der Waals surface area contributed by atoms with Gasteiger partial charge in [-0.2, -0.15) is 0 Å². The summed E-state index contributed by atoms with van der Waals surface area (Å²) in [4.78, 5) is 17.5. The van der Waals surface area contributed by atoms with Crippen LogP contribution in [-0.2, 0) is 10.2 Å². The second kappa shape index (κ2) is 6.93. The van der Waals surface area contributed by atoms with Crippen LogP contribution in [0, 0.1) is 13.8 Å². The number of ketones is 1. The minimum Gasteiger partial charge on any atom is -0.298 e. The third-order valence-electron chi connectivity index (χ3n) is 4.68. The highest BCUT2D eigenvalue weighted by Crippen LogP contribution is 2.42. The standard InChI is InChI=1S/C22H20BrNO/c1-15-6-4-5-7-21(15)22(17(3)25,18-8-10-20(23)11-9-18)19-12-13-24-16(2)14-19/h4-14H,1-3H3. The molecule has 3 rings (SSSR count). The van der Waals surface area contributed by atoms with Gasteiger partial charge in [0.15, 0.2) is 0 Å². The van der Waals surface area contributed by atoms with Gasteiger partial charge in [0.25, 0.3) is 0 Å². The highest BCUT2D eigenvalue weighted by molar-refractivity contribution is 9.10. The summed E-state index contributed by atoms with van der Waals surface area (Å²) in [7, 11) is 0. The monoisotopic (exact) mass is 393 g/mol. The van der Waals surface area contributed by atoms with Crippen molar-refractivity contribution in [3.8, 4) is 0 Å². The summed E-state index contributed by atoms with van der Waals surface area (Å²) < 4.78 is 0.990. The van der Waals surface area contributed by atoms with Crippen LogP contribution in [0.2, 0.25) is 0 Å². The minimum absolute atomic E-state index is 0.0923. The van der Waals surface area contributed by atoms with E-state index in [-0.39, 0.29) is 5.78 Å². The van der Waals surface area contributed by atoms with Gasteiger partial charge in [0.2, 0.25) is 0 Å². The van der Waals surface area contributed by atoms with Crippen molar-refractivity contribution in [2.24, 2.45) is 0 Å². The van der Waals surface area contributed by atoms with Gasteiger partial charge in [-0.05, 0) is 67.3 Å². The van der Waals surface area contributed by atoms with Crippen molar-refractivity contribution in [1.82, 2.24) is 4.98 Å². The quantitative estimate of drug-likeness (QED) is 0.594. The van der Waals surface area contributed by atoms with Crippen molar-refractivity contribution >= 4 is 21.7 Å². The predicted molar refractivity (Wildman–Crippen MR) is 105 cm³/mol. The maximum absolute atomic E-state index is 13.2. The first-order valence-corrected chi connectivity index (χ1v) is 9.02. The molecule has 0 aliphatic heterocycles. The van der Waals surface area contributed by atoms with Crippen molar-refractivity contribution in [1.29, 1.82) is 0 Å². The minimum atomic E-state index is -0.847. The van der Waals surface area contributed by atoms with Crippen LogP contribution in [0.3, 0.4) is 0 Å². The number of aromatic nitrogens is 1. The Morgan fingerprint density at radius 2 is 1.64 bits per heavy atom. The van der Waals surface area contributed by atoms with Crippen LogP contribution in [0.4, 0.5) is 0 Å². The molecule has 126 valence electrons. The summed E-state index contributed by atoms with van der Waals surface area (Å²) in [6, 6.07) is 20.1. The molecule has 0 bridgehead atoms. The molecule has 3 heteroatoms. The van der Waals surface area contributed by atoms with Crippen LogP contribution >= 0.6 is 15.9 Å². The first-order valence-electron chi connectivity index (χ1n) is 8.22. The number of rotatable bonds is 4.